The molecule has 0 radical (unpaired) electrons. The van der Waals surface area contributed by atoms with Gasteiger partial charge in [0.1, 0.15) is 17.3 Å². The molecule has 1 atom stereocenters. The van der Waals surface area contributed by atoms with Gasteiger partial charge in [-0.15, -0.1) is 0 Å². The molecule has 1 aliphatic rings. The van der Waals surface area contributed by atoms with Gasteiger partial charge < -0.3 is 10.2 Å². The number of nitro groups is 1. The first kappa shape index (κ1) is 20.7. The van der Waals surface area contributed by atoms with Gasteiger partial charge in [-0.05, 0) is 48.0 Å². The minimum absolute atomic E-state index is 0.0815. The molecule has 0 spiro atoms. The normalized spacial score (nSPS) is 17.5. The van der Waals surface area contributed by atoms with Gasteiger partial charge in [0.15, 0.2) is 0 Å². The molecule has 8 nitrogen and oxygen atoms in total. The number of ketones is 1. The van der Waals surface area contributed by atoms with Gasteiger partial charge in [0.05, 0.1) is 16.5 Å². The predicted molar refractivity (Wildman–Crippen MR) is 112 cm³/mol. The van der Waals surface area contributed by atoms with Crippen LogP contribution in [0.25, 0.3) is 5.76 Å². The van der Waals surface area contributed by atoms with Crippen LogP contribution < -0.4 is 4.90 Å². The van der Waals surface area contributed by atoms with E-state index in [9.17, 15) is 34.3 Å². The SMILES string of the molecule is O=C1C(=O)N(c2cccc(F)c2)C(c2cccc(O)c2)/C1=C(\O)c1ccc([N+](=O)[O-])cc1. The van der Waals surface area contributed by atoms with E-state index >= 15 is 0 Å². The Bertz CT molecular complexity index is 1290. The van der Waals surface area contributed by atoms with E-state index in [1.54, 1.807) is 6.07 Å². The third-order valence-electron chi connectivity index (χ3n) is 5.07. The van der Waals surface area contributed by atoms with Crippen LogP contribution in [0.3, 0.4) is 0 Å². The number of hydrogen-bond acceptors (Lipinski definition) is 6. The Morgan fingerprint density at radius 2 is 1.69 bits per heavy atom. The van der Waals surface area contributed by atoms with Gasteiger partial charge in [0.25, 0.3) is 17.4 Å². The largest absolute Gasteiger partial charge is 0.508 e. The van der Waals surface area contributed by atoms with E-state index in [-0.39, 0.29) is 28.3 Å². The number of anilines is 1. The number of halogens is 1. The van der Waals surface area contributed by atoms with Crippen molar-refractivity contribution in [1.29, 1.82) is 0 Å². The Balaban J connectivity index is 1.93. The van der Waals surface area contributed by atoms with Crippen molar-refractivity contribution >= 4 is 28.8 Å². The molecular formula is C23H15FN2O6. The molecule has 1 unspecified atom stereocenters. The first-order chi connectivity index (χ1) is 15.3. The Labute approximate surface area is 180 Å². The molecular weight excluding hydrogens is 419 g/mol. The Hall–Kier alpha value is -4.53. The van der Waals surface area contributed by atoms with Crippen molar-refractivity contribution in [2.45, 2.75) is 6.04 Å². The van der Waals surface area contributed by atoms with Gasteiger partial charge in [0, 0.05) is 23.4 Å². The Morgan fingerprint density at radius 3 is 2.31 bits per heavy atom. The molecule has 1 aliphatic heterocycles. The van der Waals surface area contributed by atoms with Gasteiger partial charge in [-0.25, -0.2) is 4.39 Å². The summed E-state index contributed by atoms with van der Waals surface area (Å²) in [5.74, 6) is -3.33. The first-order valence-corrected chi connectivity index (χ1v) is 9.38. The van der Waals surface area contributed by atoms with Crippen LogP contribution >= 0.6 is 0 Å². The fraction of sp³-hybridized carbons (Fsp3) is 0.0435. The smallest absolute Gasteiger partial charge is 0.300 e. The zero-order valence-electron chi connectivity index (χ0n) is 16.3. The number of nitro benzene ring substituents is 1. The van der Waals surface area contributed by atoms with E-state index < -0.39 is 34.2 Å². The maximum Gasteiger partial charge on any atom is 0.300 e. The summed E-state index contributed by atoms with van der Waals surface area (Å²) in [6.45, 7) is 0. The lowest BCUT2D eigenvalue weighted by Crippen LogP contribution is -2.29. The number of rotatable bonds is 4. The fourth-order valence-corrected chi connectivity index (χ4v) is 3.63. The fourth-order valence-electron chi connectivity index (χ4n) is 3.63. The first-order valence-electron chi connectivity index (χ1n) is 9.38. The van der Waals surface area contributed by atoms with E-state index in [2.05, 4.69) is 0 Å². The molecule has 0 aromatic heterocycles. The molecule has 1 saturated heterocycles. The summed E-state index contributed by atoms with van der Waals surface area (Å²) < 4.78 is 13.9. The number of hydrogen-bond donors (Lipinski definition) is 2. The number of carbonyl (C=O) groups is 2. The van der Waals surface area contributed by atoms with Crippen LogP contribution in [-0.4, -0.2) is 26.8 Å². The number of nitrogens with zero attached hydrogens (tertiary/aromatic N) is 2. The Kier molecular flexibility index (Phi) is 5.15. The average molecular weight is 434 g/mol. The van der Waals surface area contributed by atoms with Gasteiger partial charge in [-0.2, -0.15) is 0 Å². The molecule has 9 heteroatoms. The van der Waals surface area contributed by atoms with Crippen molar-refractivity contribution in [2.24, 2.45) is 0 Å². The molecule has 3 aromatic carbocycles. The zero-order chi connectivity index (χ0) is 23.0. The second kappa shape index (κ2) is 7.95. The van der Waals surface area contributed by atoms with Crippen LogP contribution in [0.2, 0.25) is 0 Å². The highest BCUT2D eigenvalue weighted by atomic mass is 19.1. The minimum Gasteiger partial charge on any atom is -0.508 e. The van der Waals surface area contributed by atoms with E-state index in [1.807, 2.05) is 0 Å². The lowest BCUT2D eigenvalue weighted by Gasteiger charge is -2.25. The molecule has 1 fully saturated rings. The molecule has 2 N–H and O–H groups in total. The van der Waals surface area contributed by atoms with Crippen LogP contribution in [-0.2, 0) is 9.59 Å². The number of aliphatic hydroxyl groups excluding tert-OH is 1. The Morgan fingerprint density at radius 1 is 1.00 bits per heavy atom. The summed E-state index contributed by atoms with van der Waals surface area (Å²) in [5.41, 5.74) is -0.0388. The number of phenolic OH excluding ortho intramolecular Hbond substituents is 1. The van der Waals surface area contributed by atoms with Crippen LogP contribution in [0.4, 0.5) is 15.8 Å². The third kappa shape index (κ3) is 3.56. The number of Topliss-reactive ketones (excluding diaryl/α,β-unsaturated/α-hetero) is 1. The van der Waals surface area contributed by atoms with Crippen molar-refractivity contribution in [3.8, 4) is 5.75 Å². The molecule has 160 valence electrons. The van der Waals surface area contributed by atoms with E-state index in [0.29, 0.717) is 5.56 Å². The molecule has 0 bridgehead atoms. The van der Waals surface area contributed by atoms with Gasteiger partial charge in [-0.1, -0.05) is 18.2 Å². The number of carbonyl (C=O) groups excluding carboxylic acids is 2. The summed E-state index contributed by atoms with van der Waals surface area (Å²) in [6, 6.07) is 14.5. The van der Waals surface area contributed by atoms with Crippen LogP contribution in [0.15, 0.2) is 78.4 Å². The molecule has 1 amide bonds. The summed E-state index contributed by atoms with van der Waals surface area (Å²) in [5, 5.41) is 31.8. The molecule has 1 heterocycles. The quantitative estimate of drug-likeness (QED) is 0.210. The second-order valence-electron chi connectivity index (χ2n) is 7.05. The molecule has 3 aromatic rings. The summed E-state index contributed by atoms with van der Waals surface area (Å²) in [7, 11) is 0. The van der Waals surface area contributed by atoms with E-state index in [0.717, 1.165) is 23.1 Å². The molecule has 0 aliphatic carbocycles. The van der Waals surface area contributed by atoms with E-state index in [1.165, 1.54) is 48.5 Å². The summed E-state index contributed by atoms with van der Waals surface area (Å²) >= 11 is 0. The summed E-state index contributed by atoms with van der Waals surface area (Å²) in [4.78, 5) is 37.2. The lowest BCUT2D eigenvalue weighted by molar-refractivity contribution is -0.384. The topological polar surface area (TPSA) is 121 Å². The standard InChI is InChI=1S/C23H15FN2O6/c24-15-4-2-5-17(12-15)25-20(14-3-1-6-18(27)11-14)19(22(29)23(25)30)21(28)13-7-9-16(10-8-13)26(31)32/h1-12,20,27-28H/b21-19+. The van der Waals surface area contributed by atoms with Crippen molar-refractivity contribution < 1.29 is 29.1 Å². The minimum atomic E-state index is -1.17. The number of aliphatic hydroxyl groups is 1. The third-order valence-corrected chi connectivity index (χ3v) is 5.07. The monoisotopic (exact) mass is 434 g/mol. The molecule has 4 rings (SSSR count). The second-order valence-corrected chi connectivity index (χ2v) is 7.05. The highest BCUT2D eigenvalue weighted by molar-refractivity contribution is 6.51. The number of aromatic hydroxyl groups is 1. The van der Waals surface area contributed by atoms with Crippen LogP contribution in [0.5, 0.6) is 5.75 Å². The number of non-ortho nitro benzene ring substituents is 1. The van der Waals surface area contributed by atoms with Crippen LogP contribution in [0.1, 0.15) is 17.2 Å². The van der Waals surface area contributed by atoms with Gasteiger partial charge in [0.2, 0.25) is 0 Å². The number of amides is 1. The highest BCUT2D eigenvalue weighted by Crippen LogP contribution is 2.42. The van der Waals surface area contributed by atoms with Crippen molar-refractivity contribution in [1.82, 2.24) is 0 Å². The van der Waals surface area contributed by atoms with Gasteiger partial charge in [-0.3, -0.25) is 24.6 Å². The van der Waals surface area contributed by atoms with E-state index in [4.69, 9.17) is 0 Å². The maximum atomic E-state index is 13.9. The van der Waals surface area contributed by atoms with Crippen molar-refractivity contribution in [3.63, 3.8) is 0 Å². The number of benzene rings is 3. The maximum absolute atomic E-state index is 13.9. The van der Waals surface area contributed by atoms with Crippen LogP contribution in [0, 0.1) is 15.9 Å². The van der Waals surface area contributed by atoms with Crippen molar-refractivity contribution in [3.05, 3.63) is 105 Å². The number of phenols is 1. The molecule has 32 heavy (non-hydrogen) atoms. The highest BCUT2D eigenvalue weighted by Gasteiger charge is 2.47. The zero-order valence-corrected chi connectivity index (χ0v) is 16.3. The van der Waals surface area contributed by atoms with Gasteiger partial charge >= 0.3 is 0 Å². The molecule has 0 saturated carbocycles. The predicted octanol–water partition coefficient (Wildman–Crippen LogP) is 4.07. The lowest BCUT2D eigenvalue weighted by atomic mass is 9.95. The van der Waals surface area contributed by atoms with Crippen molar-refractivity contribution in [2.75, 3.05) is 4.90 Å². The average Bonchev–Trinajstić information content (AvgIpc) is 3.04. The summed E-state index contributed by atoms with van der Waals surface area (Å²) in [6.07, 6.45) is 0.